The Morgan fingerprint density at radius 3 is 1.56 bits per heavy atom. The molecule has 6 aromatic heterocycles. The fourth-order valence-electron chi connectivity index (χ4n) is 9.39. The fourth-order valence-corrected chi connectivity index (χ4v) is 9.39. The van der Waals surface area contributed by atoms with Gasteiger partial charge in [-0.3, -0.25) is 0 Å². The standard InChI is InChI=1S/2C23H26FN7O/c1-15-18-13-27-23(22-25-7-4-8-26-22)28-19(18)6-10-30(15)20-11-16(24)12-21(29-20)31-9-3-5-17(31)14-32-2;1-15-18-13-27-23(22-25-7-4-8-26-22)28-19(18)6-10-30(15)21-12-17(11-20(24)29-21)31-9-3-5-16(31)14-32-2/h4,7-8,11-13,15,17H,3,5-6,9-10,14H2,1-2H3;4,7-8,11-13,15-16H,3,5-6,9-10,14H2,1-2H3. The number of hydrogen-bond acceptors (Lipinski definition) is 16. The number of anilines is 4. The number of halogens is 2. The van der Waals surface area contributed by atoms with E-state index in [9.17, 15) is 8.78 Å². The first-order valence-corrected chi connectivity index (χ1v) is 21.9. The van der Waals surface area contributed by atoms with E-state index in [2.05, 4.69) is 68.3 Å². The highest BCUT2D eigenvalue weighted by atomic mass is 19.1. The lowest BCUT2D eigenvalue weighted by molar-refractivity contribution is 0.180. The van der Waals surface area contributed by atoms with Crippen LogP contribution in [0.3, 0.4) is 0 Å². The Kier molecular flexibility index (Phi) is 12.8. The Bertz CT molecular complexity index is 2370. The second-order valence-electron chi connectivity index (χ2n) is 16.5. The molecule has 0 spiro atoms. The summed E-state index contributed by atoms with van der Waals surface area (Å²) in [6.45, 7) is 8.55. The molecule has 0 radical (unpaired) electrons. The molecule has 332 valence electrons. The molecule has 6 aromatic rings. The van der Waals surface area contributed by atoms with Gasteiger partial charge in [0.05, 0.1) is 48.8 Å². The van der Waals surface area contributed by atoms with Crippen LogP contribution in [0.25, 0.3) is 23.3 Å². The molecule has 4 atom stereocenters. The Morgan fingerprint density at radius 1 is 0.547 bits per heavy atom. The predicted octanol–water partition coefficient (Wildman–Crippen LogP) is 6.41. The van der Waals surface area contributed by atoms with Crippen LogP contribution in [0.1, 0.15) is 74.1 Å². The van der Waals surface area contributed by atoms with Crippen molar-refractivity contribution in [2.24, 2.45) is 0 Å². The van der Waals surface area contributed by atoms with Crippen molar-refractivity contribution in [3.05, 3.63) is 108 Å². The summed E-state index contributed by atoms with van der Waals surface area (Å²) in [7, 11) is 3.41. The molecule has 0 aliphatic carbocycles. The molecule has 0 bridgehead atoms. The van der Waals surface area contributed by atoms with Crippen LogP contribution in [-0.2, 0) is 22.3 Å². The molecular formula is C46H52F2N14O2. The number of aromatic nitrogens is 10. The summed E-state index contributed by atoms with van der Waals surface area (Å²) in [5, 5.41) is 0. The van der Waals surface area contributed by atoms with E-state index >= 15 is 0 Å². The fraction of sp³-hybridized carbons (Fsp3) is 0.435. The summed E-state index contributed by atoms with van der Waals surface area (Å²) in [5.41, 5.74) is 4.84. The van der Waals surface area contributed by atoms with Crippen molar-refractivity contribution in [3.8, 4) is 23.3 Å². The van der Waals surface area contributed by atoms with Crippen LogP contribution >= 0.6 is 0 Å². The van der Waals surface area contributed by atoms with Gasteiger partial charge in [-0.1, -0.05) is 0 Å². The minimum Gasteiger partial charge on any atom is -0.383 e. The quantitative estimate of drug-likeness (QED) is 0.139. The third kappa shape index (κ3) is 9.01. The van der Waals surface area contributed by atoms with Crippen molar-refractivity contribution < 1.29 is 18.3 Å². The number of nitrogens with zero attached hydrogens (tertiary/aromatic N) is 14. The summed E-state index contributed by atoms with van der Waals surface area (Å²) in [6.07, 6.45) is 16.0. The van der Waals surface area contributed by atoms with Gasteiger partial charge in [-0.25, -0.2) is 54.2 Å². The van der Waals surface area contributed by atoms with Crippen molar-refractivity contribution in [2.45, 2.75) is 76.5 Å². The molecule has 0 N–H and O–H groups in total. The predicted molar refractivity (Wildman–Crippen MR) is 238 cm³/mol. The average Bonchev–Trinajstić information content (AvgIpc) is 4.00. The Morgan fingerprint density at radius 2 is 1.03 bits per heavy atom. The van der Waals surface area contributed by atoms with Crippen molar-refractivity contribution in [2.75, 3.05) is 73.2 Å². The number of hydrogen-bond donors (Lipinski definition) is 0. The second-order valence-corrected chi connectivity index (χ2v) is 16.5. The SMILES string of the molecule is COCC1CCCN1c1cc(F)cc(N2CCc3nc(-c4ncccn4)ncc3C2C)n1.COCC1CCCN1c1cc(F)nc(N2CCc3nc(-c4ncccn4)ncc3C2C)c1. The Labute approximate surface area is 371 Å². The molecule has 4 aliphatic rings. The van der Waals surface area contributed by atoms with E-state index < -0.39 is 5.95 Å². The van der Waals surface area contributed by atoms with Crippen LogP contribution in [0.2, 0.25) is 0 Å². The lowest BCUT2D eigenvalue weighted by atomic mass is 9.99. The maximum absolute atomic E-state index is 14.6. The minimum absolute atomic E-state index is 0.0278. The number of methoxy groups -OCH3 is 2. The summed E-state index contributed by atoms with van der Waals surface area (Å²) in [6, 6.07) is 10.5. The van der Waals surface area contributed by atoms with Gasteiger partial charge in [0.2, 0.25) is 5.95 Å². The molecule has 64 heavy (non-hydrogen) atoms. The lowest BCUT2D eigenvalue weighted by Gasteiger charge is -2.36. The van der Waals surface area contributed by atoms with E-state index in [1.165, 1.54) is 18.2 Å². The minimum atomic E-state index is -0.466. The van der Waals surface area contributed by atoms with Crippen LogP contribution in [0, 0.1) is 11.8 Å². The number of pyridine rings is 2. The molecule has 16 nitrogen and oxygen atoms in total. The topological polar surface area (TPSA) is 160 Å². The van der Waals surface area contributed by atoms with Gasteiger partial charge in [0.15, 0.2) is 23.3 Å². The normalized spacial score (nSPS) is 20.5. The van der Waals surface area contributed by atoms with Crippen molar-refractivity contribution >= 4 is 23.1 Å². The molecule has 4 unspecified atom stereocenters. The molecule has 0 saturated carbocycles. The van der Waals surface area contributed by atoms with Gasteiger partial charge in [-0.15, -0.1) is 0 Å². The summed E-state index contributed by atoms with van der Waals surface area (Å²) >= 11 is 0. The first kappa shape index (κ1) is 42.9. The highest BCUT2D eigenvalue weighted by Gasteiger charge is 2.32. The number of rotatable bonds is 10. The van der Waals surface area contributed by atoms with Crippen LogP contribution in [-0.4, -0.2) is 116 Å². The molecule has 2 saturated heterocycles. The molecule has 10 rings (SSSR count). The number of fused-ring (bicyclic) bond motifs is 2. The Hall–Kier alpha value is -6.40. The third-order valence-corrected chi connectivity index (χ3v) is 12.6. The molecule has 4 aliphatic heterocycles. The molecule has 0 amide bonds. The van der Waals surface area contributed by atoms with Gasteiger partial charge < -0.3 is 29.1 Å². The van der Waals surface area contributed by atoms with Crippen molar-refractivity contribution in [3.63, 3.8) is 0 Å². The van der Waals surface area contributed by atoms with Gasteiger partial charge in [0.1, 0.15) is 23.3 Å². The van der Waals surface area contributed by atoms with Gasteiger partial charge in [0.25, 0.3) is 0 Å². The highest BCUT2D eigenvalue weighted by molar-refractivity contribution is 5.59. The van der Waals surface area contributed by atoms with E-state index in [0.717, 1.165) is 67.0 Å². The average molecular weight is 871 g/mol. The zero-order chi connectivity index (χ0) is 44.2. The van der Waals surface area contributed by atoms with Crippen LogP contribution < -0.4 is 19.6 Å². The summed E-state index contributed by atoms with van der Waals surface area (Å²) in [4.78, 5) is 53.1. The van der Waals surface area contributed by atoms with E-state index in [-0.39, 0.29) is 30.0 Å². The molecule has 10 heterocycles. The summed E-state index contributed by atoms with van der Waals surface area (Å²) < 4.78 is 40.0. The van der Waals surface area contributed by atoms with Crippen LogP contribution in [0.5, 0.6) is 0 Å². The van der Waals surface area contributed by atoms with E-state index in [4.69, 9.17) is 24.4 Å². The summed E-state index contributed by atoms with van der Waals surface area (Å²) in [5.74, 6) is 3.27. The van der Waals surface area contributed by atoms with E-state index in [0.29, 0.717) is 79.9 Å². The lowest BCUT2D eigenvalue weighted by Crippen LogP contribution is -2.37. The first-order chi connectivity index (χ1) is 31.3. The van der Waals surface area contributed by atoms with E-state index in [1.54, 1.807) is 51.1 Å². The second kappa shape index (κ2) is 19.1. The maximum Gasteiger partial charge on any atom is 0.216 e. The van der Waals surface area contributed by atoms with Crippen molar-refractivity contribution in [1.82, 2.24) is 49.8 Å². The van der Waals surface area contributed by atoms with Gasteiger partial charge in [-0.2, -0.15) is 4.39 Å². The number of ether oxygens (including phenoxy) is 2. The third-order valence-electron chi connectivity index (χ3n) is 12.6. The smallest absolute Gasteiger partial charge is 0.216 e. The maximum atomic E-state index is 14.6. The van der Waals surface area contributed by atoms with Gasteiger partial charge in [-0.05, 0) is 51.7 Å². The molecule has 0 aromatic carbocycles. The molecular weight excluding hydrogens is 819 g/mol. The zero-order valence-corrected chi connectivity index (χ0v) is 36.6. The van der Waals surface area contributed by atoms with Crippen LogP contribution in [0.15, 0.2) is 73.6 Å². The largest absolute Gasteiger partial charge is 0.383 e. The molecule has 2 fully saturated rings. The van der Waals surface area contributed by atoms with Gasteiger partial charge >= 0.3 is 0 Å². The van der Waals surface area contributed by atoms with Gasteiger partial charge in [0, 0.05) is 132 Å². The monoisotopic (exact) mass is 870 g/mol. The first-order valence-electron chi connectivity index (χ1n) is 21.9. The van der Waals surface area contributed by atoms with Crippen molar-refractivity contribution in [1.29, 1.82) is 0 Å². The highest BCUT2D eigenvalue weighted by Crippen LogP contribution is 2.37. The zero-order valence-electron chi connectivity index (χ0n) is 36.6. The van der Waals surface area contributed by atoms with E-state index in [1.807, 2.05) is 18.5 Å². The van der Waals surface area contributed by atoms with Crippen LogP contribution in [0.4, 0.5) is 31.9 Å². The molecule has 18 heteroatoms. The Balaban J connectivity index is 0.000000162.